The maximum Gasteiger partial charge on any atom is 0.254 e. The van der Waals surface area contributed by atoms with Gasteiger partial charge in [0.25, 0.3) is 5.91 Å². The molecule has 2 rings (SSSR count). The molecule has 0 aliphatic heterocycles. The monoisotopic (exact) mass is 306 g/mol. The van der Waals surface area contributed by atoms with Gasteiger partial charge in [0.1, 0.15) is 5.82 Å². The smallest absolute Gasteiger partial charge is 0.254 e. The van der Waals surface area contributed by atoms with Crippen LogP contribution in [0, 0.1) is 11.7 Å². The third-order valence-corrected chi connectivity index (χ3v) is 4.08. The predicted octanol–water partition coefficient (Wildman–Crippen LogP) is 3.48. The lowest BCUT2D eigenvalue weighted by molar-refractivity contribution is -0.114. The first kappa shape index (κ1) is 16.5. The van der Waals surface area contributed by atoms with Gasteiger partial charge in [0.15, 0.2) is 0 Å². The van der Waals surface area contributed by atoms with Gasteiger partial charge in [-0.1, -0.05) is 25.7 Å². The molecular weight excluding hydrogens is 283 g/mol. The molecule has 0 bridgehead atoms. The summed E-state index contributed by atoms with van der Waals surface area (Å²) in [6.07, 6.45) is 7.26. The summed E-state index contributed by atoms with van der Waals surface area (Å²) in [5, 5.41) is 5.30. The largest absolute Gasteiger partial charge is 0.352 e. The average molecular weight is 306 g/mol. The molecule has 2 amide bonds. The summed E-state index contributed by atoms with van der Waals surface area (Å²) in [4.78, 5) is 23.0. The molecule has 1 aromatic carbocycles. The van der Waals surface area contributed by atoms with Crippen molar-refractivity contribution >= 4 is 17.5 Å². The third kappa shape index (κ3) is 4.83. The van der Waals surface area contributed by atoms with E-state index in [-0.39, 0.29) is 11.5 Å². The Labute approximate surface area is 130 Å². The zero-order chi connectivity index (χ0) is 15.9. The molecule has 120 valence electrons. The Morgan fingerprint density at radius 1 is 1.27 bits per heavy atom. The molecule has 0 aromatic heterocycles. The molecule has 2 N–H and O–H groups in total. The number of anilines is 1. The number of benzene rings is 1. The van der Waals surface area contributed by atoms with E-state index in [0.29, 0.717) is 12.2 Å². The predicted molar refractivity (Wildman–Crippen MR) is 84.2 cm³/mol. The highest BCUT2D eigenvalue weighted by Crippen LogP contribution is 2.28. The second-order valence-corrected chi connectivity index (χ2v) is 5.92. The summed E-state index contributed by atoms with van der Waals surface area (Å²) < 4.78 is 13.7. The van der Waals surface area contributed by atoms with Crippen molar-refractivity contribution in [2.75, 3.05) is 11.9 Å². The fourth-order valence-corrected chi connectivity index (χ4v) is 2.97. The third-order valence-electron chi connectivity index (χ3n) is 4.08. The Kier molecular flexibility index (Phi) is 5.92. The second-order valence-electron chi connectivity index (χ2n) is 5.92. The van der Waals surface area contributed by atoms with Crippen LogP contribution >= 0.6 is 0 Å². The van der Waals surface area contributed by atoms with Crippen molar-refractivity contribution < 1.29 is 14.0 Å². The van der Waals surface area contributed by atoms with Gasteiger partial charge in [0.2, 0.25) is 5.91 Å². The maximum atomic E-state index is 13.7. The van der Waals surface area contributed by atoms with Gasteiger partial charge in [0.05, 0.1) is 5.56 Å². The Hall–Kier alpha value is -1.91. The molecule has 0 saturated heterocycles. The van der Waals surface area contributed by atoms with Crippen LogP contribution in [0.4, 0.5) is 10.1 Å². The molecule has 4 nitrogen and oxygen atoms in total. The van der Waals surface area contributed by atoms with Crippen molar-refractivity contribution in [2.45, 2.75) is 45.4 Å². The maximum absolute atomic E-state index is 13.7. The Morgan fingerprint density at radius 2 is 2.00 bits per heavy atom. The van der Waals surface area contributed by atoms with Crippen LogP contribution in [0.25, 0.3) is 0 Å². The highest BCUT2D eigenvalue weighted by molar-refractivity contribution is 5.97. The molecule has 0 spiro atoms. The number of hydrogen-bond acceptors (Lipinski definition) is 2. The summed E-state index contributed by atoms with van der Waals surface area (Å²) in [6.45, 7) is 1.92. The highest BCUT2D eigenvalue weighted by atomic mass is 19.1. The topological polar surface area (TPSA) is 58.2 Å². The molecule has 0 unspecified atom stereocenters. The van der Waals surface area contributed by atoms with Crippen LogP contribution < -0.4 is 10.6 Å². The van der Waals surface area contributed by atoms with Gasteiger partial charge in [-0.05, 0) is 37.0 Å². The number of carbonyl (C=O) groups excluding carboxylic acids is 2. The average Bonchev–Trinajstić information content (AvgIpc) is 2.98. The van der Waals surface area contributed by atoms with Gasteiger partial charge >= 0.3 is 0 Å². The number of carbonyl (C=O) groups is 2. The number of rotatable bonds is 6. The summed E-state index contributed by atoms with van der Waals surface area (Å²) >= 11 is 0. The highest BCUT2D eigenvalue weighted by Gasteiger charge is 2.15. The second kappa shape index (κ2) is 7.92. The fraction of sp³-hybridized carbons (Fsp3) is 0.529. The summed E-state index contributed by atoms with van der Waals surface area (Å²) in [5.41, 5.74) is 0.386. The normalized spacial score (nSPS) is 14.8. The van der Waals surface area contributed by atoms with Gasteiger partial charge in [-0.25, -0.2) is 4.39 Å². The van der Waals surface area contributed by atoms with E-state index >= 15 is 0 Å². The number of halogens is 1. The minimum atomic E-state index is -0.581. The van der Waals surface area contributed by atoms with E-state index in [9.17, 15) is 14.0 Å². The van der Waals surface area contributed by atoms with Gasteiger partial charge in [-0.2, -0.15) is 0 Å². The molecule has 5 heteroatoms. The summed E-state index contributed by atoms with van der Waals surface area (Å²) in [6, 6.07) is 4.00. The van der Waals surface area contributed by atoms with Crippen LogP contribution in [-0.2, 0) is 4.79 Å². The number of amides is 2. The first-order valence-corrected chi connectivity index (χ1v) is 7.91. The molecule has 0 atom stereocenters. The van der Waals surface area contributed by atoms with Crippen LogP contribution in [0.15, 0.2) is 18.2 Å². The zero-order valence-corrected chi connectivity index (χ0v) is 13.0. The Morgan fingerprint density at radius 3 is 2.68 bits per heavy atom. The van der Waals surface area contributed by atoms with Crippen molar-refractivity contribution in [3.05, 3.63) is 29.6 Å². The van der Waals surface area contributed by atoms with Crippen molar-refractivity contribution in [1.29, 1.82) is 0 Å². The molecule has 1 aliphatic rings. The molecule has 1 saturated carbocycles. The summed E-state index contributed by atoms with van der Waals surface area (Å²) in [5.74, 6) is -0.482. The molecule has 1 aromatic rings. The van der Waals surface area contributed by atoms with E-state index in [1.165, 1.54) is 50.8 Å². The van der Waals surface area contributed by atoms with E-state index < -0.39 is 11.7 Å². The van der Waals surface area contributed by atoms with Crippen molar-refractivity contribution in [1.82, 2.24) is 5.32 Å². The van der Waals surface area contributed by atoms with Gasteiger partial charge < -0.3 is 10.6 Å². The minimum absolute atomic E-state index is 0.0351. The standard InChI is InChI=1S/C17H23FN2O2/c1-12(21)20-14-8-9-16(18)15(11-14)17(22)19-10-4-7-13-5-2-3-6-13/h8-9,11,13H,2-7,10H2,1H3,(H,19,22)(H,20,21). The first-order valence-electron chi connectivity index (χ1n) is 7.91. The quantitative estimate of drug-likeness (QED) is 0.790. The lowest BCUT2D eigenvalue weighted by Gasteiger charge is -2.10. The van der Waals surface area contributed by atoms with Gasteiger partial charge in [-0.3, -0.25) is 9.59 Å². The zero-order valence-electron chi connectivity index (χ0n) is 13.0. The van der Waals surface area contributed by atoms with E-state index in [2.05, 4.69) is 10.6 Å². The first-order chi connectivity index (χ1) is 10.6. The minimum Gasteiger partial charge on any atom is -0.352 e. The Balaban J connectivity index is 1.84. The van der Waals surface area contributed by atoms with Gasteiger partial charge in [0, 0.05) is 19.2 Å². The van der Waals surface area contributed by atoms with Crippen LogP contribution in [0.2, 0.25) is 0 Å². The van der Waals surface area contributed by atoms with Crippen LogP contribution in [-0.4, -0.2) is 18.4 Å². The number of hydrogen-bond donors (Lipinski definition) is 2. The van der Waals surface area contributed by atoms with E-state index in [0.717, 1.165) is 18.8 Å². The fourth-order valence-electron chi connectivity index (χ4n) is 2.97. The number of nitrogens with one attached hydrogen (secondary N) is 2. The van der Waals surface area contributed by atoms with Crippen molar-refractivity contribution in [2.24, 2.45) is 5.92 Å². The summed E-state index contributed by atoms with van der Waals surface area (Å²) in [7, 11) is 0. The molecule has 0 heterocycles. The molecule has 22 heavy (non-hydrogen) atoms. The lowest BCUT2D eigenvalue weighted by Crippen LogP contribution is -2.26. The molecular formula is C17H23FN2O2. The molecule has 1 aliphatic carbocycles. The van der Waals surface area contributed by atoms with Crippen molar-refractivity contribution in [3.8, 4) is 0 Å². The van der Waals surface area contributed by atoms with E-state index in [1.807, 2.05) is 0 Å². The molecule has 0 radical (unpaired) electrons. The van der Waals surface area contributed by atoms with E-state index in [4.69, 9.17) is 0 Å². The van der Waals surface area contributed by atoms with E-state index in [1.54, 1.807) is 0 Å². The Bertz CT molecular complexity index is 539. The van der Waals surface area contributed by atoms with Gasteiger partial charge in [-0.15, -0.1) is 0 Å². The van der Waals surface area contributed by atoms with Crippen LogP contribution in [0.3, 0.4) is 0 Å². The SMILES string of the molecule is CC(=O)Nc1ccc(F)c(C(=O)NCCCC2CCCC2)c1. The van der Waals surface area contributed by atoms with Crippen molar-refractivity contribution in [3.63, 3.8) is 0 Å². The molecule has 1 fully saturated rings. The van der Waals surface area contributed by atoms with Crippen LogP contribution in [0.1, 0.15) is 55.8 Å². The van der Waals surface area contributed by atoms with Crippen LogP contribution in [0.5, 0.6) is 0 Å². The lowest BCUT2D eigenvalue weighted by atomic mass is 10.0.